The fourth-order valence-corrected chi connectivity index (χ4v) is 0.834. The van der Waals surface area contributed by atoms with E-state index < -0.39 is 0 Å². The monoisotopic (exact) mass is 146 g/mol. The standard InChI is InChI=1S/C6H12O2.C2H6/c1-5-3-4-7-6(2)8-5;1-2/h5-6H,3-4H2,1-2H3;1-2H3. The molecule has 0 aromatic rings. The van der Waals surface area contributed by atoms with E-state index in [1.165, 1.54) is 0 Å². The fourth-order valence-electron chi connectivity index (χ4n) is 0.834. The van der Waals surface area contributed by atoms with Crippen LogP contribution in [-0.4, -0.2) is 19.0 Å². The van der Waals surface area contributed by atoms with Crippen LogP contribution >= 0.6 is 0 Å². The number of rotatable bonds is 0. The van der Waals surface area contributed by atoms with Crippen LogP contribution in [0.3, 0.4) is 0 Å². The predicted octanol–water partition coefficient (Wildman–Crippen LogP) is 2.18. The summed E-state index contributed by atoms with van der Waals surface area (Å²) in [6.45, 7) is 8.84. The summed E-state index contributed by atoms with van der Waals surface area (Å²) >= 11 is 0. The van der Waals surface area contributed by atoms with Gasteiger partial charge in [0.15, 0.2) is 6.29 Å². The molecule has 1 aliphatic heterocycles. The molecule has 0 N–H and O–H groups in total. The Morgan fingerprint density at radius 1 is 1.20 bits per heavy atom. The summed E-state index contributed by atoms with van der Waals surface area (Å²) in [5, 5.41) is 0. The summed E-state index contributed by atoms with van der Waals surface area (Å²) in [5.74, 6) is 0. The molecule has 2 atom stereocenters. The van der Waals surface area contributed by atoms with E-state index in [1.54, 1.807) is 0 Å². The van der Waals surface area contributed by atoms with Crippen LogP contribution in [0.2, 0.25) is 0 Å². The van der Waals surface area contributed by atoms with Gasteiger partial charge in [-0.3, -0.25) is 0 Å². The largest absolute Gasteiger partial charge is 0.353 e. The molecule has 0 radical (unpaired) electrons. The van der Waals surface area contributed by atoms with Crippen molar-refractivity contribution in [3.05, 3.63) is 0 Å². The molecule has 2 unspecified atom stereocenters. The molecule has 0 amide bonds. The molecule has 0 aromatic carbocycles. The van der Waals surface area contributed by atoms with Crippen LogP contribution in [0.1, 0.15) is 34.1 Å². The maximum Gasteiger partial charge on any atom is 0.155 e. The van der Waals surface area contributed by atoms with E-state index in [2.05, 4.69) is 6.92 Å². The Labute approximate surface area is 63.5 Å². The van der Waals surface area contributed by atoms with Crippen LogP contribution < -0.4 is 0 Å². The summed E-state index contributed by atoms with van der Waals surface area (Å²) < 4.78 is 10.4. The van der Waals surface area contributed by atoms with Gasteiger partial charge in [-0.15, -0.1) is 0 Å². The molecule has 62 valence electrons. The third kappa shape index (κ3) is 3.85. The molecule has 0 bridgehead atoms. The highest BCUT2D eigenvalue weighted by atomic mass is 16.7. The van der Waals surface area contributed by atoms with Gasteiger partial charge in [0.2, 0.25) is 0 Å². The first kappa shape index (κ1) is 9.92. The van der Waals surface area contributed by atoms with Gasteiger partial charge in [0.25, 0.3) is 0 Å². The second-order valence-electron chi connectivity index (χ2n) is 2.17. The summed E-state index contributed by atoms with van der Waals surface area (Å²) in [7, 11) is 0. The first-order valence-electron chi connectivity index (χ1n) is 4.06. The van der Waals surface area contributed by atoms with Gasteiger partial charge in [-0.25, -0.2) is 0 Å². The van der Waals surface area contributed by atoms with Gasteiger partial charge >= 0.3 is 0 Å². The maximum atomic E-state index is 5.26. The normalized spacial score (nSPS) is 32.4. The van der Waals surface area contributed by atoms with Gasteiger partial charge in [-0.2, -0.15) is 0 Å². The average Bonchev–Trinajstić information content (AvgIpc) is 1.91. The SMILES string of the molecule is CC.CC1CCOC(C)O1. The number of hydrogen-bond acceptors (Lipinski definition) is 2. The first-order chi connectivity index (χ1) is 4.79. The van der Waals surface area contributed by atoms with Crippen LogP contribution in [0.5, 0.6) is 0 Å². The highest BCUT2D eigenvalue weighted by Gasteiger charge is 2.13. The van der Waals surface area contributed by atoms with Crippen LogP contribution in [0.25, 0.3) is 0 Å². The Kier molecular flexibility index (Phi) is 5.64. The van der Waals surface area contributed by atoms with Crippen molar-refractivity contribution in [2.45, 2.75) is 46.5 Å². The van der Waals surface area contributed by atoms with Gasteiger partial charge in [-0.1, -0.05) is 13.8 Å². The highest BCUT2D eigenvalue weighted by molar-refractivity contribution is 4.54. The Balaban J connectivity index is 0.000000371. The molecule has 0 aromatic heterocycles. The Bertz CT molecular complexity index is 65.7. The molecule has 0 spiro atoms. The van der Waals surface area contributed by atoms with Gasteiger partial charge in [-0.05, 0) is 20.3 Å². The molecule has 2 nitrogen and oxygen atoms in total. The zero-order valence-corrected chi connectivity index (χ0v) is 7.39. The van der Waals surface area contributed by atoms with Crippen molar-refractivity contribution in [1.82, 2.24) is 0 Å². The van der Waals surface area contributed by atoms with Crippen molar-refractivity contribution in [2.75, 3.05) is 6.61 Å². The lowest BCUT2D eigenvalue weighted by atomic mass is 10.3. The fraction of sp³-hybridized carbons (Fsp3) is 1.00. The smallest absolute Gasteiger partial charge is 0.155 e. The maximum absolute atomic E-state index is 5.26. The lowest BCUT2D eigenvalue weighted by Gasteiger charge is -2.24. The van der Waals surface area contributed by atoms with E-state index in [0.29, 0.717) is 6.10 Å². The van der Waals surface area contributed by atoms with Crippen LogP contribution in [0.15, 0.2) is 0 Å². The second-order valence-corrected chi connectivity index (χ2v) is 2.17. The topological polar surface area (TPSA) is 18.5 Å². The molecule has 1 heterocycles. The van der Waals surface area contributed by atoms with Crippen molar-refractivity contribution in [3.63, 3.8) is 0 Å². The lowest BCUT2D eigenvalue weighted by molar-refractivity contribution is -0.197. The lowest BCUT2D eigenvalue weighted by Crippen LogP contribution is -2.27. The number of hydrogen-bond donors (Lipinski definition) is 0. The van der Waals surface area contributed by atoms with Gasteiger partial charge < -0.3 is 9.47 Å². The van der Waals surface area contributed by atoms with Crippen molar-refractivity contribution >= 4 is 0 Å². The minimum Gasteiger partial charge on any atom is -0.353 e. The van der Waals surface area contributed by atoms with Crippen molar-refractivity contribution in [1.29, 1.82) is 0 Å². The molecular weight excluding hydrogens is 128 g/mol. The molecule has 1 aliphatic rings. The summed E-state index contributed by atoms with van der Waals surface area (Å²) in [4.78, 5) is 0. The second kappa shape index (κ2) is 5.69. The molecule has 1 saturated heterocycles. The first-order valence-corrected chi connectivity index (χ1v) is 4.06. The van der Waals surface area contributed by atoms with E-state index in [0.717, 1.165) is 13.0 Å². The van der Waals surface area contributed by atoms with E-state index >= 15 is 0 Å². The van der Waals surface area contributed by atoms with Gasteiger partial charge in [0.1, 0.15) is 0 Å². The van der Waals surface area contributed by atoms with E-state index in [9.17, 15) is 0 Å². The number of ether oxygens (including phenoxy) is 2. The Morgan fingerprint density at radius 2 is 1.80 bits per heavy atom. The van der Waals surface area contributed by atoms with Crippen molar-refractivity contribution < 1.29 is 9.47 Å². The Hall–Kier alpha value is -0.0800. The summed E-state index contributed by atoms with van der Waals surface area (Å²) in [6, 6.07) is 0. The van der Waals surface area contributed by atoms with Gasteiger partial charge in [0.05, 0.1) is 12.7 Å². The zero-order chi connectivity index (χ0) is 7.98. The zero-order valence-electron chi connectivity index (χ0n) is 7.39. The quantitative estimate of drug-likeness (QED) is 0.521. The molecule has 0 saturated carbocycles. The molecule has 0 aliphatic carbocycles. The molecule has 1 fully saturated rings. The Morgan fingerprint density at radius 3 is 2.10 bits per heavy atom. The minimum absolute atomic E-state index is 0.0127. The highest BCUT2D eigenvalue weighted by Crippen LogP contribution is 2.09. The molecular formula is C8H18O2. The molecule has 1 rings (SSSR count). The van der Waals surface area contributed by atoms with Gasteiger partial charge in [0, 0.05) is 0 Å². The van der Waals surface area contributed by atoms with Crippen LogP contribution in [0.4, 0.5) is 0 Å². The van der Waals surface area contributed by atoms with E-state index in [4.69, 9.17) is 9.47 Å². The van der Waals surface area contributed by atoms with Crippen molar-refractivity contribution in [3.8, 4) is 0 Å². The molecule has 10 heavy (non-hydrogen) atoms. The van der Waals surface area contributed by atoms with E-state index in [1.807, 2.05) is 20.8 Å². The van der Waals surface area contributed by atoms with Crippen LogP contribution in [0, 0.1) is 0 Å². The third-order valence-electron chi connectivity index (χ3n) is 1.30. The van der Waals surface area contributed by atoms with E-state index in [-0.39, 0.29) is 6.29 Å². The van der Waals surface area contributed by atoms with Crippen LogP contribution in [-0.2, 0) is 9.47 Å². The summed E-state index contributed by atoms with van der Waals surface area (Å²) in [5.41, 5.74) is 0. The minimum atomic E-state index is 0.0127. The molecule has 2 heteroatoms. The summed E-state index contributed by atoms with van der Waals surface area (Å²) in [6.07, 6.45) is 1.43. The average molecular weight is 146 g/mol. The third-order valence-corrected chi connectivity index (χ3v) is 1.30. The van der Waals surface area contributed by atoms with Crippen molar-refractivity contribution in [2.24, 2.45) is 0 Å². The predicted molar refractivity (Wildman–Crippen MR) is 41.9 cm³/mol.